The summed E-state index contributed by atoms with van der Waals surface area (Å²) in [7, 11) is -1.45. The van der Waals surface area contributed by atoms with Crippen LogP contribution < -0.4 is 20.1 Å². The number of benzene rings is 3. The Balaban J connectivity index is 1.48. The van der Waals surface area contributed by atoms with Gasteiger partial charge in [0.05, 0.1) is 23.3 Å². The molecule has 182 valence electrons. The monoisotopic (exact) mass is 497 g/mol. The van der Waals surface area contributed by atoms with Crippen molar-refractivity contribution in [1.82, 2.24) is 9.79 Å². The molecule has 1 aliphatic rings. The van der Waals surface area contributed by atoms with Gasteiger partial charge in [0, 0.05) is 19.2 Å². The van der Waals surface area contributed by atoms with Gasteiger partial charge in [0.25, 0.3) is 21.8 Å². The first-order valence-corrected chi connectivity index (χ1v) is 11.9. The van der Waals surface area contributed by atoms with Crippen molar-refractivity contribution in [3.05, 3.63) is 83.4 Å². The molecule has 0 saturated carbocycles. The molecule has 3 aromatic rings. The first-order valence-electron chi connectivity index (χ1n) is 10.5. The maximum absolute atomic E-state index is 12.9. The van der Waals surface area contributed by atoms with E-state index in [4.69, 9.17) is 14.3 Å². The van der Waals surface area contributed by atoms with Crippen LogP contribution in [-0.4, -0.2) is 45.7 Å². The summed E-state index contributed by atoms with van der Waals surface area (Å²) >= 11 is 0. The molecule has 0 bridgehead atoms. The van der Waals surface area contributed by atoms with Gasteiger partial charge in [-0.1, -0.05) is 28.7 Å². The van der Waals surface area contributed by atoms with Gasteiger partial charge in [-0.15, -0.1) is 0 Å². The smallest absolute Gasteiger partial charge is 0.264 e. The summed E-state index contributed by atoms with van der Waals surface area (Å²) < 4.78 is 36.3. The van der Waals surface area contributed by atoms with Crippen molar-refractivity contribution in [2.24, 2.45) is 0 Å². The number of hydroxylamine groups is 1. The lowest BCUT2D eigenvalue weighted by Crippen LogP contribution is -2.26. The predicted molar refractivity (Wildman–Crippen MR) is 127 cm³/mol. The van der Waals surface area contributed by atoms with Crippen LogP contribution in [0.4, 0.5) is 5.69 Å². The van der Waals surface area contributed by atoms with Gasteiger partial charge in [-0.25, -0.2) is 8.42 Å². The number of hydrogen-bond donors (Lipinski definition) is 2. The van der Waals surface area contributed by atoms with Crippen LogP contribution in [0.15, 0.2) is 71.6 Å². The topological polar surface area (TPSA) is 123 Å². The molecule has 0 unspecified atom stereocenters. The number of hydrogen-bond acceptors (Lipinski definition) is 7. The molecule has 1 heterocycles. The first kappa shape index (κ1) is 24.2. The van der Waals surface area contributed by atoms with E-state index in [2.05, 4.69) is 10.6 Å². The molecule has 0 fully saturated rings. The van der Waals surface area contributed by atoms with Crippen LogP contribution in [0, 0.1) is 0 Å². The molecular formula is C24H23N3O7S. The quantitative estimate of drug-likeness (QED) is 0.459. The Kier molecular flexibility index (Phi) is 7.01. The molecule has 11 heteroatoms. The van der Waals surface area contributed by atoms with E-state index >= 15 is 0 Å². The lowest BCUT2D eigenvalue weighted by Gasteiger charge is -2.15. The second kappa shape index (κ2) is 10.1. The van der Waals surface area contributed by atoms with Gasteiger partial charge in [0.1, 0.15) is 0 Å². The van der Waals surface area contributed by atoms with Crippen LogP contribution in [0.3, 0.4) is 0 Å². The molecule has 0 saturated heterocycles. The molecule has 0 radical (unpaired) electrons. The highest BCUT2D eigenvalue weighted by Gasteiger charge is 2.22. The largest absolute Gasteiger partial charge is 0.454 e. The Morgan fingerprint density at radius 1 is 0.971 bits per heavy atom. The third kappa shape index (κ3) is 5.27. The lowest BCUT2D eigenvalue weighted by atomic mass is 10.1. The summed E-state index contributed by atoms with van der Waals surface area (Å²) in [5.74, 6) is 0.305. The minimum atomic E-state index is -3.93. The molecule has 0 aromatic heterocycles. The second-order valence-corrected chi connectivity index (χ2v) is 9.43. The van der Waals surface area contributed by atoms with Crippen molar-refractivity contribution in [1.29, 1.82) is 0 Å². The maximum Gasteiger partial charge on any atom is 0.264 e. The normalized spacial score (nSPS) is 12.4. The van der Waals surface area contributed by atoms with Gasteiger partial charge in [-0.3, -0.25) is 14.4 Å². The van der Waals surface area contributed by atoms with Crippen molar-refractivity contribution in [2.45, 2.75) is 11.4 Å². The number of carbonyl (C=O) groups excluding carboxylic acids is 2. The Bertz CT molecular complexity index is 1380. The van der Waals surface area contributed by atoms with E-state index in [1.54, 1.807) is 36.4 Å². The molecule has 0 atom stereocenters. The minimum Gasteiger partial charge on any atom is -0.454 e. The average molecular weight is 498 g/mol. The van der Waals surface area contributed by atoms with Crippen LogP contribution in [0.1, 0.15) is 26.3 Å². The summed E-state index contributed by atoms with van der Waals surface area (Å²) in [6.45, 7) is 0.404. The number of anilines is 1. The fourth-order valence-corrected chi connectivity index (χ4v) is 4.38. The van der Waals surface area contributed by atoms with Crippen molar-refractivity contribution in [3.63, 3.8) is 0 Å². The maximum atomic E-state index is 12.9. The van der Waals surface area contributed by atoms with Crippen LogP contribution >= 0.6 is 0 Å². The summed E-state index contributed by atoms with van der Waals surface area (Å²) in [4.78, 5) is 30.4. The fourth-order valence-electron chi connectivity index (χ4n) is 3.36. The second-order valence-electron chi connectivity index (χ2n) is 7.50. The number of carbonyl (C=O) groups is 2. The van der Waals surface area contributed by atoms with Gasteiger partial charge in [0.2, 0.25) is 6.79 Å². The van der Waals surface area contributed by atoms with E-state index in [1.807, 2.05) is 6.07 Å². The molecule has 3 aromatic carbocycles. The molecule has 2 amide bonds. The van der Waals surface area contributed by atoms with E-state index in [9.17, 15) is 18.0 Å². The third-order valence-corrected chi connectivity index (χ3v) is 6.98. The number of sulfonamides is 1. The van der Waals surface area contributed by atoms with Gasteiger partial charge in [-0.05, 0) is 48.0 Å². The minimum absolute atomic E-state index is 0.103. The van der Waals surface area contributed by atoms with E-state index in [-0.39, 0.29) is 35.0 Å². The molecule has 1 aliphatic heterocycles. The SMILES string of the molecule is CON(C)S(=O)(=O)c1cccc(C(=O)Nc2ccccc2C(=O)NCc2ccc3c(c2)OCO3)c1. The van der Waals surface area contributed by atoms with Crippen molar-refractivity contribution in [3.8, 4) is 11.5 Å². The zero-order chi connectivity index (χ0) is 25.0. The Morgan fingerprint density at radius 2 is 1.74 bits per heavy atom. The van der Waals surface area contributed by atoms with Crippen molar-refractivity contribution in [2.75, 3.05) is 26.3 Å². The Morgan fingerprint density at radius 3 is 2.54 bits per heavy atom. The van der Waals surface area contributed by atoms with Gasteiger partial charge in [0.15, 0.2) is 11.5 Å². The third-order valence-electron chi connectivity index (χ3n) is 5.30. The predicted octanol–water partition coefficient (Wildman–Crippen LogP) is 2.78. The summed E-state index contributed by atoms with van der Waals surface area (Å²) in [6, 6.07) is 17.4. The molecule has 2 N–H and O–H groups in total. The zero-order valence-corrected chi connectivity index (χ0v) is 19.8. The van der Waals surface area contributed by atoms with Gasteiger partial charge in [-0.2, -0.15) is 0 Å². The fraction of sp³-hybridized carbons (Fsp3) is 0.167. The van der Waals surface area contributed by atoms with Gasteiger partial charge >= 0.3 is 0 Å². The lowest BCUT2D eigenvalue weighted by molar-refractivity contribution is -0.0258. The van der Waals surface area contributed by atoms with Crippen molar-refractivity contribution >= 4 is 27.5 Å². The number of nitrogens with zero attached hydrogens (tertiary/aromatic N) is 1. The van der Waals surface area contributed by atoms with Gasteiger partial charge < -0.3 is 20.1 Å². The highest BCUT2D eigenvalue weighted by atomic mass is 32.2. The first-order chi connectivity index (χ1) is 16.8. The zero-order valence-electron chi connectivity index (χ0n) is 19.0. The van der Waals surface area contributed by atoms with E-state index in [0.717, 1.165) is 5.56 Å². The average Bonchev–Trinajstić information content (AvgIpc) is 3.35. The summed E-state index contributed by atoms with van der Waals surface area (Å²) in [5.41, 5.74) is 1.46. The molecule has 35 heavy (non-hydrogen) atoms. The Labute approximate surface area is 202 Å². The Hall–Kier alpha value is -3.93. The molecule has 0 aliphatic carbocycles. The molecule has 10 nitrogen and oxygen atoms in total. The number of rotatable bonds is 8. The van der Waals surface area contributed by atoms with E-state index < -0.39 is 21.8 Å². The number of fused-ring (bicyclic) bond motifs is 1. The summed E-state index contributed by atoms with van der Waals surface area (Å²) in [5, 5.41) is 5.51. The highest BCUT2D eigenvalue weighted by Crippen LogP contribution is 2.32. The molecular weight excluding hydrogens is 474 g/mol. The molecule has 0 spiro atoms. The van der Waals surface area contributed by atoms with Crippen LogP contribution in [0.2, 0.25) is 0 Å². The van der Waals surface area contributed by atoms with Crippen LogP contribution in [0.25, 0.3) is 0 Å². The van der Waals surface area contributed by atoms with E-state index in [1.165, 1.54) is 38.4 Å². The highest BCUT2D eigenvalue weighted by molar-refractivity contribution is 7.89. The summed E-state index contributed by atoms with van der Waals surface area (Å²) in [6.07, 6.45) is 0. The number of amides is 2. The standard InChI is InChI=1S/C24H23N3O7S/c1-27(32-2)35(30,31)18-7-5-6-17(13-18)23(28)26-20-9-4-3-8-19(20)24(29)25-14-16-10-11-21-22(12-16)34-15-33-21/h3-13H,14-15H2,1-2H3,(H,25,29)(H,26,28). The van der Waals surface area contributed by atoms with E-state index in [0.29, 0.717) is 16.0 Å². The number of ether oxygens (including phenoxy) is 2. The number of nitrogens with one attached hydrogen (secondary N) is 2. The molecule has 4 rings (SSSR count). The number of para-hydroxylation sites is 1. The van der Waals surface area contributed by atoms with Crippen LogP contribution in [0.5, 0.6) is 11.5 Å². The van der Waals surface area contributed by atoms with Crippen LogP contribution in [-0.2, 0) is 21.4 Å². The van der Waals surface area contributed by atoms with Crippen molar-refractivity contribution < 1.29 is 32.3 Å².